The molecule has 1 aromatic rings. The van der Waals surface area contributed by atoms with E-state index in [0.717, 1.165) is 0 Å². The van der Waals surface area contributed by atoms with Crippen LogP contribution in [0.1, 0.15) is 20.8 Å². The third-order valence-corrected chi connectivity index (χ3v) is 3.43. The number of amides is 1. The highest BCUT2D eigenvalue weighted by Gasteiger charge is 2.24. The van der Waals surface area contributed by atoms with E-state index >= 15 is 0 Å². The molecule has 1 aromatic carbocycles. The fraction of sp³-hybridized carbons (Fsp3) is 0.417. The fourth-order valence-corrected chi connectivity index (χ4v) is 2.43. The van der Waals surface area contributed by atoms with Crippen molar-refractivity contribution in [1.29, 1.82) is 0 Å². The van der Waals surface area contributed by atoms with Crippen LogP contribution in [-0.2, 0) is 13.8 Å². The molecule has 0 aromatic heterocycles. The summed E-state index contributed by atoms with van der Waals surface area (Å²) in [7, 11) is 0.662. The minimum atomic E-state index is -4.43. The Morgan fingerprint density at radius 3 is 2.38 bits per heavy atom. The maximum absolute atomic E-state index is 13.6. The molecule has 0 saturated carbocycles. The van der Waals surface area contributed by atoms with Gasteiger partial charge >= 0.3 is 0 Å². The molecule has 0 aliphatic carbocycles. The summed E-state index contributed by atoms with van der Waals surface area (Å²) in [4.78, 5) is 10.7. The third kappa shape index (κ3) is 5.47. The molecule has 0 fully saturated rings. The molecule has 0 bridgehead atoms. The lowest BCUT2D eigenvalue weighted by Gasteiger charge is -2.20. The van der Waals surface area contributed by atoms with Gasteiger partial charge in [0.05, 0.1) is 0 Å². The van der Waals surface area contributed by atoms with E-state index < -0.39 is 49.4 Å². The SMILES string of the molecule is CC(C)(C)NC(=O)COc1c(F)cc(F)cc1S(=O)(=O)Cl. The first-order valence-electron chi connectivity index (χ1n) is 5.77. The Bertz CT molecular complexity index is 656. The van der Waals surface area contributed by atoms with Crippen molar-refractivity contribution in [2.75, 3.05) is 6.61 Å². The molecule has 9 heteroatoms. The summed E-state index contributed by atoms with van der Waals surface area (Å²) in [5, 5.41) is 2.54. The zero-order chi connectivity index (χ0) is 16.4. The summed E-state index contributed by atoms with van der Waals surface area (Å²) >= 11 is 0. The van der Waals surface area contributed by atoms with E-state index in [1.54, 1.807) is 20.8 Å². The normalized spacial score (nSPS) is 12.1. The molecule has 118 valence electrons. The predicted molar refractivity (Wildman–Crippen MR) is 72.8 cm³/mol. The van der Waals surface area contributed by atoms with Crippen molar-refractivity contribution in [1.82, 2.24) is 5.32 Å². The number of rotatable bonds is 4. The van der Waals surface area contributed by atoms with Gasteiger partial charge in [0, 0.05) is 22.3 Å². The predicted octanol–water partition coefficient (Wildman–Crippen LogP) is 2.19. The molecule has 0 unspecified atom stereocenters. The van der Waals surface area contributed by atoms with Crippen LogP contribution in [-0.4, -0.2) is 26.5 Å². The zero-order valence-electron chi connectivity index (χ0n) is 11.5. The van der Waals surface area contributed by atoms with E-state index in [2.05, 4.69) is 5.32 Å². The van der Waals surface area contributed by atoms with E-state index in [-0.39, 0.29) is 0 Å². The molecule has 0 aliphatic heterocycles. The van der Waals surface area contributed by atoms with Crippen LogP contribution < -0.4 is 10.1 Å². The molecule has 1 rings (SSSR count). The molecular weight excluding hydrogens is 328 g/mol. The molecule has 0 atom stereocenters. The van der Waals surface area contributed by atoms with Crippen LogP contribution in [0, 0.1) is 11.6 Å². The number of halogens is 3. The van der Waals surface area contributed by atoms with Crippen LogP contribution in [0.15, 0.2) is 17.0 Å². The average Bonchev–Trinajstić information content (AvgIpc) is 2.23. The van der Waals surface area contributed by atoms with Crippen LogP contribution in [0.2, 0.25) is 0 Å². The van der Waals surface area contributed by atoms with Gasteiger partial charge < -0.3 is 10.1 Å². The highest BCUT2D eigenvalue weighted by Crippen LogP contribution is 2.30. The second-order valence-electron chi connectivity index (χ2n) is 5.24. The lowest BCUT2D eigenvalue weighted by Crippen LogP contribution is -2.43. The number of nitrogens with one attached hydrogen (secondary N) is 1. The summed E-state index contributed by atoms with van der Waals surface area (Å²) in [6, 6.07) is 0.949. The van der Waals surface area contributed by atoms with Gasteiger partial charge in [-0.25, -0.2) is 17.2 Å². The summed E-state index contributed by atoms with van der Waals surface area (Å²) < 4.78 is 54.1. The monoisotopic (exact) mass is 341 g/mol. The van der Waals surface area contributed by atoms with Crippen molar-refractivity contribution in [3.05, 3.63) is 23.8 Å². The van der Waals surface area contributed by atoms with Gasteiger partial charge in [-0.15, -0.1) is 0 Å². The first kappa shape index (κ1) is 17.6. The largest absolute Gasteiger partial charge is 0.479 e. The maximum atomic E-state index is 13.6. The summed E-state index contributed by atoms with van der Waals surface area (Å²) in [5.41, 5.74) is -0.539. The summed E-state index contributed by atoms with van der Waals surface area (Å²) in [6.07, 6.45) is 0. The topological polar surface area (TPSA) is 72.5 Å². The number of carbonyl (C=O) groups excluding carboxylic acids is 1. The number of carbonyl (C=O) groups is 1. The quantitative estimate of drug-likeness (QED) is 0.852. The molecule has 21 heavy (non-hydrogen) atoms. The molecular formula is C12H14ClF2NO4S. The molecule has 0 spiro atoms. The van der Waals surface area contributed by atoms with E-state index in [4.69, 9.17) is 15.4 Å². The molecule has 0 saturated heterocycles. The Hall–Kier alpha value is -1.41. The Kier molecular flexibility index (Phi) is 5.16. The molecule has 0 radical (unpaired) electrons. The van der Waals surface area contributed by atoms with Gasteiger partial charge in [0.2, 0.25) is 0 Å². The maximum Gasteiger partial charge on any atom is 0.265 e. The van der Waals surface area contributed by atoms with Crippen LogP contribution in [0.25, 0.3) is 0 Å². The minimum absolute atomic E-state index is 0.433. The number of ether oxygens (including phenoxy) is 1. The van der Waals surface area contributed by atoms with Crippen molar-refractivity contribution in [2.24, 2.45) is 0 Å². The highest BCUT2D eigenvalue weighted by molar-refractivity contribution is 8.13. The van der Waals surface area contributed by atoms with Crippen LogP contribution in [0.5, 0.6) is 5.75 Å². The summed E-state index contributed by atoms with van der Waals surface area (Å²) in [5.74, 6) is -3.78. The number of hydrogen-bond donors (Lipinski definition) is 1. The standard InChI is InChI=1S/C12H14ClF2NO4S/c1-12(2,3)16-10(17)6-20-11-8(15)4-7(14)5-9(11)21(13,18)19/h4-5H,6H2,1-3H3,(H,16,17). The van der Waals surface area contributed by atoms with E-state index in [0.29, 0.717) is 12.1 Å². The van der Waals surface area contributed by atoms with Crippen LogP contribution in [0.4, 0.5) is 8.78 Å². The molecule has 0 heterocycles. The van der Waals surface area contributed by atoms with E-state index in [1.165, 1.54) is 0 Å². The molecule has 0 aliphatic rings. The van der Waals surface area contributed by atoms with Crippen molar-refractivity contribution in [2.45, 2.75) is 31.2 Å². The highest BCUT2D eigenvalue weighted by atomic mass is 35.7. The Balaban J connectivity index is 3.02. The van der Waals surface area contributed by atoms with Gasteiger partial charge in [-0.2, -0.15) is 0 Å². The third-order valence-electron chi connectivity index (χ3n) is 2.10. The van der Waals surface area contributed by atoms with Crippen molar-refractivity contribution >= 4 is 25.6 Å². The van der Waals surface area contributed by atoms with Crippen LogP contribution >= 0.6 is 10.7 Å². The smallest absolute Gasteiger partial charge is 0.265 e. The van der Waals surface area contributed by atoms with Gasteiger partial charge in [-0.3, -0.25) is 4.79 Å². The molecule has 5 nitrogen and oxygen atoms in total. The Morgan fingerprint density at radius 2 is 1.90 bits per heavy atom. The Labute approximate surface area is 125 Å². The zero-order valence-corrected chi connectivity index (χ0v) is 13.1. The van der Waals surface area contributed by atoms with Gasteiger partial charge in [-0.05, 0) is 26.8 Å². The average molecular weight is 342 g/mol. The number of hydrogen-bond acceptors (Lipinski definition) is 4. The van der Waals surface area contributed by atoms with Gasteiger partial charge in [0.15, 0.2) is 18.2 Å². The fourth-order valence-electron chi connectivity index (χ4n) is 1.45. The van der Waals surface area contributed by atoms with Crippen molar-refractivity contribution in [3.8, 4) is 5.75 Å². The second-order valence-corrected chi connectivity index (χ2v) is 7.77. The van der Waals surface area contributed by atoms with Gasteiger partial charge in [-0.1, -0.05) is 0 Å². The lowest BCUT2D eigenvalue weighted by molar-refractivity contribution is -0.124. The Morgan fingerprint density at radius 1 is 1.33 bits per heavy atom. The van der Waals surface area contributed by atoms with Crippen molar-refractivity contribution < 1.29 is 26.7 Å². The van der Waals surface area contributed by atoms with E-state index in [1.807, 2.05) is 0 Å². The number of benzene rings is 1. The summed E-state index contributed by atoms with van der Waals surface area (Å²) in [6.45, 7) is 4.52. The van der Waals surface area contributed by atoms with Gasteiger partial charge in [0.1, 0.15) is 10.7 Å². The van der Waals surface area contributed by atoms with Crippen molar-refractivity contribution in [3.63, 3.8) is 0 Å². The molecule has 1 N–H and O–H groups in total. The van der Waals surface area contributed by atoms with Gasteiger partial charge in [0.25, 0.3) is 15.0 Å². The van der Waals surface area contributed by atoms with E-state index in [9.17, 15) is 22.0 Å². The second kappa shape index (κ2) is 6.15. The molecule has 1 amide bonds. The first-order chi connectivity index (χ1) is 9.40. The lowest BCUT2D eigenvalue weighted by atomic mass is 10.1. The minimum Gasteiger partial charge on any atom is -0.479 e. The first-order valence-corrected chi connectivity index (χ1v) is 8.08. The van der Waals surface area contributed by atoms with Crippen LogP contribution in [0.3, 0.4) is 0 Å².